The van der Waals surface area contributed by atoms with Gasteiger partial charge in [0.25, 0.3) is 0 Å². The number of carboxylic acids is 1. The van der Waals surface area contributed by atoms with Gasteiger partial charge in [-0.3, -0.25) is 4.79 Å². The Morgan fingerprint density at radius 1 is 1.37 bits per heavy atom. The molecule has 0 unspecified atom stereocenters. The van der Waals surface area contributed by atoms with E-state index in [0.29, 0.717) is 18.1 Å². The molecule has 0 heterocycles. The third-order valence-electron chi connectivity index (χ3n) is 2.45. The van der Waals surface area contributed by atoms with Crippen molar-refractivity contribution >= 4 is 5.97 Å². The van der Waals surface area contributed by atoms with Crippen molar-refractivity contribution < 1.29 is 19.4 Å². The van der Waals surface area contributed by atoms with Gasteiger partial charge in [-0.15, -0.1) is 0 Å². The molecule has 5 heteroatoms. The lowest BCUT2D eigenvalue weighted by atomic mass is 10.0. The Morgan fingerprint density at radius 2 is 2.05 bits per heavy atom. The number of ether oxygens (including phenoxy) is 2. The molecule has 0 aliphatic carbocycles. The zero-order valence-corrected chi connectivity index (χ0v) is 11.6. The maximum Gasteiger partial charge on any atom is 0.305 e. The Bertz CT molecular complexity index is 431. The van der Waals surface area contributed by atoms with Crippen molar-refractivity contribution in [2.75, 3.05) is 6.61 Å². The molecule has 1 aromatic rings. The standard InChI is InChI=1S/C14H21NO4/c1-4-18-13-7-10(11(15)8-14(16)17)5-6-12(13)19-9(2)3/h5-7,9,11H,4,8,15H2,1-3H3,(H,16,17)/t11-/m0/s1. The van der Waals surface area contributed by atoms with E-state index in [1.807, 2.05) is 20.8 Å². The molecule has 0 radical (unpaired) electrons. The van der Waals surface area contributed by atoms with E-state index in [-0.39, 0.29) is 12.5 Å². The summed E-state index contributed by atoms with van der Waals surface area (Å²) in [6, 6.07) is 4.73. The fourth-order valence-corrected chi connectivity index (χ4v) is 1.68. The number of hydrogen-bond acceptors (Lipinski definition) is 4. The number of aliphatic carboxylic acids is 1. The number of nitrogens with two attached hydrogens (primary N) is 1. The Morgan fingerprint density at radius 3 is 2.58 bits per heavy atom. The Hall–Kier alpha value is -1.75. The van der Waals surface area contributed by atoms with Crippen LogP contribution in [0.5, 0.6) is 11.5 Å². The number of carboxylic acid groups (broad SMARTS) is 1. The first-order valence-corrected chi connectivity index (χ1v) is 6.34. The van der Waals surface area contributed by atoms with Crippen LogP contribution in [0.4, 0.5) is 0 Å². The van der Waals surface area contributed by atoms with E-state index in [9.17, 15) is 4.79 Å². The molecule has 0 saturated carbocycles. The van der Waals surface area contributed by atoms with Crippen LogP contribution < -0.4 is 15.2 Å². The highest BCUT2D eigenvalue weighted by Crippen LogP contribution is 2.31. The molecule has 0 spiro atoms. The van der Waals surface area contributed by atoms with E-state index in [2.05, 4.69) is 0 Å². The molecule has 0 saturated heterocycles. The molecule has 5 nitrogen and oxygen atoms in total. The average Bonchev–Trinajstić information content (AvgIpc) is 2.30. The van der Waals surface area contributed by atoms with Crippen molar-refractivity contribution in [2.45, 2.75) is 39.3 Å². The quantitative estimate of drug-likeness (QED) is 0.792. The first-order chi connectivity index (χ1) is 8.93. The van der Waals surface area contributed by atoms with Crippen LogP contribution in [0, 0.1) is 0 Å². The third kappa shape index (κ3) is 4.79. The topological polar surface area (TPSA) is 81.8 Å². The second-order valence-electron chi connectivity index (χ2n) is 4.51. The Kier molecular flexibility index (Phi) is 5.63. The number of hydrogen-bond donors (Lipinski definition) is 2. The van der Waals surface area contributed by atoms with Crippen molar-refractivity contribution in [3.05, 3.63) is 23.8 Å². The minimum Gasteiger partial charge on any atom is -0.490 e. The summed E-state index contributed by atoms with van der Waals surface area (Å²) in [6.07, 6.45) is -0.0755. The van der Waals surface area contributed by atoms with Crippen LogP contribution in [0.15, 0.2) is 18.2 Å². The second kappa shape index (κ2) is 6.99. The molecule has 0 aromatic heterocycles. The number of carbonyl (C=O) groups is 1. The first kappa shape index (κ1) is 15.3. The van der Waals surface area contributed by atoms with E-state index in [1.165, 1.54) is 0 Å². The predicted molar refractivity (Wildman–Crippen MR) is 72.6 cm³/mol. The third-order valence-corrected chi connectivity index (χ3v) is 2.45. The van der Waals surface area contributed by atoms with Gasteiger partial charge in [0, 0.05) is 6.04 Å². The SMILES string of the molecule is CCOc1cc([C@@H](N)CC(=O)O)ccc1OC(C)C. The van der Waals surface area contributed by atoms with Crippen LogP contribution in [-0.4, -0.2) is 23.8 Å². The molecule has 106 valence electrons. The smallest absolute Gasteiger partial charge is 0.305 e. The molecule has 0 amide bonds. The highest BCUT2D eigenvalue weighted by Gasteiger charge is 2.14. The molecule has 1 aromatic carbocycles. The normalized spacial score (nSPS) is 12.3. The maximum absolute atomic E-state index is 10.7. The lowest BCUT2D eigenvalue weighted by Crippen LogP contribution is -2.15. The minimum atomic E-state index is -0.923. The van der Waals surface area contributed by atoms with Crippen molar-refractivity contribution in [3.63, 3.8) is 0 Å². The van der Waals surface area contributed by atoms with Gasteiger partial charge < -0.3 is 20.3 Å². The summed E-state index contributed by atoms with van der Waals surface area (Å²) in [5.41, 5.74) is 6.56. The second-order valence-corrected chi connectivity index (χ2v) is 4.51. The van der Waals surface area contributed by atoms with Gasteiger partial charge in [0.05, 0.1) is 19.1 Å². The summed E-state index contributed by atoms with van der Waals surface area (Å²) in [7, 11) is 0. The summed E-state index contributed by atoms with van der Waals surface area (Å²) < 4.78 is 11.1. The van der Waals surface area contributed by atoms with E-state index in [1.54, 1.807) is 18.2 Å². The Balaban J connectivity index is 2.97. The fraction of sp³-hybridized carbons (Fsp3) is 0.500. The highest BCUT2D eigenvalue weighted by atomic mass is 16.5. The van der Waals surface area contributed by atoms with Gasteiger partial charge in [-0.1, -0.05) is 6.07 Å². The van der Waals surface area contributed by atoms with Gasteiger partial charge in [-0.05, 0) is 38.5 Å². The minimum absolute atomic E-state index is 0.0396. The molecule has 0 aliphatic heterocycles. The molecule has 1 rings (SSSR count). The summed E-state index contributed by atoms with van der Waals surface area (Å²) >= 11 is 0. The van der Waals surface area contributed by atoms with Crippen LogP contribution >= 0.6 is 0 Å². The van der Waals surface area contributed by atoms with Gasteiger partial charge >= 0.3 is 5.97 Å². The lowest BCUT2D eigenvalue weighted by molar-refractivity contribution is -0.137. The molecule has 1 atom stereocenters. The van der Waals surface area contributed by atoms with Crippen molar-refractivity contribution in [1.82, 2.24) is 0 Å². The van der Waals surface area contributed by atoms with Crippen LogP contribution in [0.2, 0.25) is 0 Å². The largest absolute Gasteiger partial charge is 0.490 e. The predicted octanol–water partition coefficient (Wildman–Crippen LogP) is 2.35. The molecule has 0 aliphatic rings. The zero-order chi connectivity index (χ0) is 14.4. The van der Waals surface area contributed by atoms with E-state index in [4.69, 9.17) is 20.3 Å². The van der Waals surface area contributed by atoms with Crippen LogP contribution in [0.3, 0.4) is 0 Å². The van der Waals surface area contributed by atoms with Gasteiger partial charge in [0.2, 0.25) is 0 Å². The fourth-order valence-electron chi connectivity index (χ4n) is 1.68. The highest BCUT2D eigenvalue weighted by molar-refractivity contribution is 5.68. The molecule has 0 fully saturated rings. The summed E-state index contributed by atoms with van der Waals surface area (Å²) in [5.74, 6) is 0.311. The maximum atomic E-state index is 10.7. The average molecular weight is 267 g/mol. The summed E-state index contributed by atoms with van der Waals surface area (Å²) in [5, 5.41) is 8.76. The van der Waals surface area contributed by atoms with Gasteiger partial charge in [0.15, 0.2) is 11.5 Å². The number of benzene rings is 1. The zero-order valence-electron chi connectivity index (χ0n) is 11.6. The summed E-state index contributed by atoms with van der Waals surface area (Å²) in [4.78, 5) is 10.7. The monoisotopic (exact) mass is 267 g/mol. The van der Waals surface area contributed by atoms with E-state index < -0.39 is 12.0 Å². The van der Waals surface area contributed by atoms with Gasteiger partial charge in [-0.2, -0.15) is 0 Å². The van der Waals surface area contributed by atoms with E-state index in [0.717, 1.165) is 5.56 Å². The van der Waals surface area contributed by atoms with Crippen LogP contribution in [0.1, 0.15) is 38.8 Å². The van der Waals surface area contributed by atoms with Crippen LogP contribution in [-0.2, 0) is 4.79 Å². The Labute approximate surface area is 113 Å². The first-order valence-electron chi connectivity index (χ1n) is 6.34. The summed E-state index contributed by atoms with van der Waals surface area (Å²) in [6.45, 7) is 6.24. The molecule has 3 N–H and O–H groups in total. The van der Waals surface area contributed by atoms with Gasteiger partial charge in [-0.25, -0.2) is 0 Å². The molecular weight excluding hydrogens is 246 g/mol. The number of rotatable bonds is 7. The molecule has 19 heavy (non-hydrogen) atoms. The van der Waals surface area contributed by atoms with Crippen molar-refractivity contribution in [2.24, 2.45) is 5.73 Å². The molecule has 0 bridgehead atoms. The van der Waals surface area contributed by atoms with Crippen molar-refractivity contribution in [3.8, 4) is 11.5 Å². The van der Waals surface area contributed by atoms with Crippen LogP contribution in [0.25, 0.3) is 0 Å². The van der Waals surface area contributed by atoms with E-state index >= 15 is 0 Å². The van der Waals surface area contributed by atoms with Crippen molar-refractivity contribution in [1.29, 1.82) is 0 Å². The molecular formula is C14H21NO4. The lowest BCUT2D eigenvalue weighted by Gasteiger charge is -2.17. The van der Waals surface area contributed by atoms with Gasteiger partial charge in [0.1, 0.15) is 0 Å².